The van der Waals surface area contributed by atoms with Crippen LogP contribution in [0.2, 0.25) is 0 Å². The predicted molar refractivity (Wildman–Crippen MR) is 73.2 cm³/mol. The largest absolute Gasteiger partial charge is 0.460 e. The Morgan fingerprint density at radius 2 is 2.05 bits per heavy atom. The maximum absolute atomic E-state index is 12.1. The third kappa shape index (κ3) is 5.37. The van der Waals surface area contributed by atoms with E-state index < -0.39 is 23.8 Å². The van der Waals surface area contributed by atoms with Crippen LogP contribution in [0.4, 0.5) is 13.2 Å². The van der Waals surface area contributed by atoms with E-state index in [1.165, 1.54) is 0 Å². The van der Waals surface area contributed by atoms with Crippen molar-refractivity contribution in [3.05, 3.63) is 10.6 Å². The molecule has 0 amide bonds. The molecule has 0 saturated heterocycles. The van der Waals surface area contributed by atoms with Crippen molar-refractivity contribution in [2.75, 3.05) is 6.61 Å². The van der Waals surface area contributed by atoms with Crippen LogP contribution in [0.15, 0.2) is 0 Å². The normalized spacial score (nSPS) is 16.8. The standard InChI is InChI=1S/C11H17F3N2O2S2/c1-6(4-7(2)20(15)17)9-8(3)16-10(19-9)18-5-11(12,13)14/h6-7H,4-5,15H2,1-3H3/t6-,7?,20?/m1/s1. The average Bonchev–Trinajstić information content (AvgIpc) is 2.67. The van der Waals surface area contributed by atoms with Gasteiger partial charge in [0.1, 0.15) is 0 Å². The maximum Gasteiger partial charge on any atom is 0.422 e. The Morgan fingerprint density at radius 3 is 2.55 bits per heavy atom. The van der Waals surface area contributed by atoms with E-state index in [1.807, 2.05) is 6.92 Å². The van der Waals surface area contributed by atoms with Gasteiger partial charge in [-0.05, 0) is 26.2 Å². The first-order valence-electron chi connectivity index (χ1n) is 5.92. The lowest BCUT2D eigenvalue weighted by atomic mass is 10.0. The van der Waals surface area contributed by atoms with E-state index in [4.69, 9.17) is 5.14 Å². The minimum atomic E-state index is -4.38. The van der Waals surface area contributed by atoms with E-state index in [9.17, 15) is 17.4 Å². The number of thiazole rings is 1. The Balaban J connectivity index is 2.72. The van der Waals surface area contributed by atoms with E-state index in [-0.39, 0.29) is 16.4 Å². The fourth-order valence-electron chi connectivity index (χ4n) is 1.75. The predicted octanol–water partition coefficient (Wildman–Crippen LogP) is 2.90. The van der Waals surface area contributed by atoms with E-state index in [2.05, 4.69) is 9.72 Å². The molecule has 4 nitrogen and oxygen atoms in total. The molecule has 1 aromatic rings. The molecule has 0 aliphatic heterocycles. The van der Waals surface area contributed by atoms with E-state index >= 15 is 0 Å². The number of nitrogens with zero attached hydrogens (tertiary/aromatic N) is 1. The molecule has 0 bridgehead atoms. The van der Waals surface area contributed by atoms with Crippen molar-refractivity contribution in [2.24, 2.45) is 5.14 Å². The highest BCUT2D eigenvalue weighted by Crippen LogP contribution is 2.34. The van der Waals surface area contributed by atoms with Crippen LogP contribution in [0.25, 0.3) is 0 Å². The summed E-state index contributed by atoms with van der Waals surface area (Å²) in [5.74, 6) is 0.0123. The first-order valence-corrected chi connectivity index (χ1v) is 8.01. The molecule has 0 radical (unpaired) electrons. The van der Waals surface area contributed by atoms with Gasteiger partial charge in [-0.2, -0.15) is 13.2 Å². The number of hydrogen-bond donors (Lipinski definition) is 1. The van der Waals surface area contributed by atoms with Gasteiger partial charge in [-0.25, -0.2) is 9.19 Å². The summed E-state index contributed by atoms with van der Waals surface area (Å²) in [6, 6.07) is 0. The molecule has 9 heteroatoms. The molecule has 0 fully saturated rings. The fourth-order valence-corrected chi connectivity index (χ4v) is 3.20. The molecule has 3 atom stereocenters. The smallest absolute Gasteiger partial charge is 0.422 e. The van der Waals surface area contributed by atoms with E-state index in [1.54, 1.807) is 13.8 Å². The molecular weight excluding hydrogens is 313 g/mol. The molecule has 1 heterocycles. The molecule has 0 saturated carbocycles. The second kappa shape index (κ2) is 6.86. The first-order chi connectivity index (χ1) is 9.10. The molecule has 0 spiro atoms. The molecule has 20 heavy (non-hydrogen) atoms. The molecule has 1 rings (SSSR count). The van der Waals surface area contributed by atoms with Gasteiger partial charge in [0.25, 0.3) is 5.19 Å². The average molecular weight is 330 g/mol. The lowest BCUT2D eigenvalue weighted by molar-refractivity contribution is -0.153. The summed E-state index contributed by atoms with van der Waals surface area (Å²) >= 11 is 1.09. The van der Waals surface area contributed by atoms with Crippen LogP contribution in [0.3, 0.4) is 0 Å². The van der Waals surface area contributed by atoms with Crippen molar-refractivity contribution in [1.82, 2.24) is 4.98 Å². The second-order valence-corrected chi connectivity index (χ2v) is 7.06. The van der Waals surface area contributed by atoms with Gasteiger partial charge < -0.3 is 4.74 Å². The highest BCUT2D eigenvalue weighted by Gasteiger charge is 2.29. The topological polar surface area (TPSA) is 65.2 Å². The summed E-state index contributed by atoms with van der Waals surface area (Å²) in [5.41, 5.74) is 0.634. The van der Waals surface area contributed by atoms with Gasteiger partial charge in [0.05, 0.1) is 16.7 Å². The molecular formula is C11H17F3N2O2S2. The number of nitrogens with two attached hydrogens (primary N) is 1. The fraction of sp³-hybridized carbons (Fsp3) is 0.727. The lowest BCUT2D eigenvalue weighted by Gasteiger charge is -2.13. The third-order valence-electron chi connectivity index (χ3n) is 2.70. The van der Waals surface area contributed by atoms with E-state index in [0.717, 1.165) is 16.2 Å². The Labute approximate surface area is 122 Å². The second-order valence-electron chi connectivity index (χ2n) is 4.61. The Bertz CT molecular complexity index is 477. The van der Waals surface area contributed by atoms with Crippen LogP contribution < -0.4 is 9.88 Å². The number of rotatable bonds is 6. The van der Waals surface area contributed by atoms with Gasteiger partial charge in [-0.3, -0.25) is 5.14 Å². The molecule has 1 aromatic heterocycles. The zero-order chi connectivity index (χ0) is 15.5. The Hall–Kier alpha value is -0.670. The van der Waals surface area contributed by atoms with Gasteiger partial charge in [0.15, 0.2) is 6.61 Å². The molecule has 0 aliphatic rings. The van der Waals surface area contributed by atoms with Crippen molar-refractivity contribution in [3.63, 3.8) is 0 Å². The minimum Gasteiger partial charge on any atom is -0.460 e. The number of ether oxygens (including phenoxy) is 1. The Morgan fingerprint density at radius 1 is 1.45 bits per heavy atom. The summed E-state index contributed by atoms with van der Waals surface area (Å²) < 4.78 is 52.0. The number of alkyl halides is 3. The molecule has 0 aliphatic carbocycles. The molecule has 2 N–H and O–H groups in total. The van der Waals surface area contributed by atoms with Crippen LogP contribution in [-0.2, 0) is 11.0 Å². The summed E-state index contributed by atoms with van der Waals surface area (Å²) in [7, 11) is -1.42. The highest BCUT2D eigenvalue weighted by atomic mass is 32.2. The van der Waals surface area contributed by atoms with Crippen LogP contribution in [0.5, 0.6) is 5.19 Å². The van der Waals surface area contributed by atoms with Crippen molar-refractivity contribution < 1.29 is 22.1 Å². The molecule has 2 unspecified atom stereocenters. The quantitative estimate of drug-likeness (QED) is 0.872. The monoisotopic (exact) mass is 330 g/mol. The maximum atomic E-state index is 12.1. The number of aryl methyl sites for hydroxylation is 1. The number of aromatic nitrogens is 1. The van der Waals surface area contributed by atoms with Crippen molar-refractivity contribution in [2.45, 2.75) is 44.5 Å². The van der Waals surface area contributed by atoms with Gasteiger partial charge >= 0.3 is 6.18 Å². The summed E-state index contributed by atoms with van der Waals surface area (Å²) in [4.78, 5) is 4.81. The molecule has 116 valence electrons. The van der Waals surface area contributed by atoms with Crippen LogP contribution in [-0.4, -0.2) is 27.2 Å². The van der Waals surface area contributed by atoms with Crippen molar-refractivity contribution in [3.8, 4) is 5.19 Å². The van der Waals surface area contributed by atoms with Crippen molar-refractivity contribution in [1.29, 1.82) is 0 Å². The van der Waals surface area contributed by atoms with Gasteiger partial charge in [-0.1, -0.05) is 18.3 Å². The zero-order valence-electron chi connectivity index (χ0n) is 11.4. The van der Waals surface area contributed by atoms with Gasteiger partial charge in [0.2, 0.25) is 0 Å². The molecule has 0 aromatic carbocycles. The van der Waals surface area contributed by atoms with Crippen molar-refractivity contribution >= 4 is 22.3 Å². The minimum absolute atomic E-state index is 0.00296. The SMILES string of the molecule is Cc1nc(OCC(F)(F)F)sc1[C@H](C)CC(C)S(N)=O. The summed E-state index contributed by atoms with van der Waals surface area (Å²) in [6.07, 6.45) is -3.80. The first kappa shape index (κ1) is 17.4. The van der Waals surface area contributed by atoms with E-state index in [0.29, 0.717) is 12.1 Å². The Kier molecular flexibility index (Phi) is 5.96. The number of halogens is 3. The van der Waals surface area contributed by atoms with Gasteiger partial charge in [0, 0.05) is 10.1 Å². The van der Waals surface area contributed by atoms with Crippen LogP contribution in [0, 0.1) is 6.92 Å². The van der Waals surface area contributed by atoms with Gasteiger partial charge in [-0.15, -0.1) is 0 Å². The highest BCUT2D eigenvalue weighted by molar-refractivity contribution is 7.83. The number of hydrogen-bond acceptors (Lipinski definition) is 4. The third-order valence-corrected chi connectivity index (χ3v) is 4.99. The lowest BCUT2D eigenvalue weighted by Crippen LogP contribution is -2.20. The summed E-state index contributed by atoms with van der Waals surface area (Å²) in [6.45, 7) is 4.03. The summed E-state index contributed by atoms with van der Waals surface area (Å²) in [5, 5.41) is 5.13. The van der Waals surface area contributed by atoms with Crippen LogP contribution >= 0.6 is 11.3 Å². The van der Waals surface area contributed by atoms with Crippen LogP contribution in [0.1, 0.15) is 36.8 Å². The zero-order valence-corrected chi connectivity index (χ0v) is 13.0.